The van der Waals surface area contributed by atoms with E-state index in [0.29, 0.717) is 18.5 Å². The van der Waals surface area contributed by atoms with Crippen molar-refractivity contribution in [3.8, 4) is 0 Å². The lowest BCUT2D eigenvalue weighted by atomic mass is 9.95. The van der Waals surface area contributed by atoms with Crippen molar-refractivity contribution in [3.05, 3.63) is 23.0 Å². The first kappa shape index (κ1) is 13.8. The predicted octanol–water partition coefficient (Wildman–Crippen LogP) is 2.48. The average Bonchev–Trinajstić information content (AvgIpc) is 2.83. The Kier molecular flexibility index (Phi) is 4.04. The van der Waals surface area contributed by atoms with Gasteiger partial charge in [0.15, 0.2) is 5.15 Å². The number of anilines is 1. The Bertz CT molecular complexity index is 498. The van der Waals surface area contributed by atoms with Crippen molar-refractivity contribution in [3.63, 3.8) is 0 Å². The minimum absolute atomic E-state index is 0.221. The molecule has 5 nitrogen and oxygen atoms in total. The molecule has 1 aromatic rings. The number of carbonyl (C=O) groups is 2. The molecule has 0 bridgehead atoms. The van der Waals surface area contributed by atoms with Gasteiger partial charge in [-0.1, -0.05) is 18.0 Å². The summed E-state index contributed by atoms with van der Waals surface area (Å²) in [6.07, 6.45) is 3.46. The molecule has 2 atom stereocenters. The second-order valence-corrected chi connectivity index (χ2v) is 5.12. The molecule has 1 amide bonds. The van der Waals surface area contributed by atoms with Crippen LogP contribution in [0, 0.1) is 18.8 Å². The van der Waals surface area contributed by atoms with E-state index in [9.17, 15) is 9.59 Å². The van der Waals surface area contributed by atoms with Crippen LogP contribution in [-0.2, 0) is 9.59 Å². The lowest BCUT2D eigenvalue weighted by Crippen LogP contribution is -2.30. The molecule has 1 saturated carbocycles. The van der Waals surface area contributed by atoms with Gasteiger partial charge in [-0.15, -0.1) is 0 Å². The third-order valence-electron chi connectivity index (χ3n) is 3.53. The van der Waals surface area contributed by atoms with Gasteiger partial charge in [-0.3, -0.25) is 9.59 Å². The van der Waals surface area contributed by atoms with E-state index < -0.39 is 17.8 Å². The molecule has 19 heavy (non-hydrogen) atoms. The lowest BCUT2D eigenvalue weighted by Gasteiger charge is -2.17. The summed E-state index contributed by atoms with van der Waals surface area (Å²) in [6.45, 7) is 1.81. The quantitative estimate of drug-likeness (QED) is 0.835. The van der Waals surface area contributed by atoms with Crippen LogP contribution in [0.4, 0.5) is 5.69 Å². The standard InChI is InChI=1S/C13H15ClN2O3/c1-7-5-6-15-11(14)10(7)16-12(17)8-3-2-4-9(8)13(18)19/h5-6,8-9H,2-4H2,1H3,(H,16,17)(H,18,19)/t8-,9+/m1/s1. The average molecular weight is 283 g/mol. The van der Waals surface area contributed by atoms with Crippen molar-refractivity contribution >= 4 is 29.2 Å². The first-order valence-electron chi connectivity index (χ1n) is 6.15. The van der Waals surface area contributed by atoms with E-state index in [-0.39, 0.29) is 11.1 Å². The summed E-state index contributed by atoms with van der Waals surface area (Å²) in [5, 5.41) is 12.0. The van der Waals surface area contributed by atoms with Crippen molar-refractivity contribution in [1.82, 2.24) is 4.98 Å². The van der Waals surface area contributed by atoms with Crippen molar-refractivity contribution in [2.24, 2.45) is 11.8 Å². The number of aromatic nitrogens is 1. The molecule has 1 aliphatic rings. The molecule has 2 rings (SSSR count). The van der Waals surface area contributed by atoms with Gasteiger partial charge < -0.3 is 10.4 Å². The number of aliphatic carboxylic acids is 1. The molecular weight excluding hydrogens is 268 g/mol. The first-order chi connectivity index (χ1) is 9.00. The highest BCUT2D eigenvalue weighted by Crippen LogP contribution is 2.33. The summed E-state index contributed by atoms with van der Waals surface area (Å²) in [6, 6.07) is 1.74. The van der Waals surface area contributed by atoms with Crippen LogP contribution in [0.15, 0.2) is 12.3 Å². The van der Waals surface area contributed by atoms with Gasteiger partial charge in [-0.2, -0.15) is 0 Å². The maximum absolute atomic E-state index is 12.2. The smallest absolute Gasteiger partial charge is 0.307 e. The van der Waals surface area contributed by atoms with E-state index in [1.165, 1.54) is 0 Å². The number of nitrogens with one attached hydrogen (secondary N) is 1. The summed E-state index contributed by atoms with van der Waals surface area (Å²) < 4.78 is 0. The number of hydrogen-bond donors (Lipinski definition) is 2. The van der Waals surface area contributed by atoms with Crippen molar-refractivity contribution in [2.45, 2.75) is 26.2 Å². The van der Waals surface area contributed by atoms with Gasteiger partial charge in [0.2, 0.25) is 5.91 Å². The number of amides is 1. The zero-order chi connectivity index (χ0) is 14.0. The summed E-state index contributed by atoms with van der Waals surface area (Å²) in [4.78, 5) is 27.2. The summed E-state index contributed by atoms with van der Waals surface area (Å²) in [5.41, 5.74) is 1.27. The van der Waals surface area contributed by atoms with Gasteiger partial charge in [0.25, 0.3) is 0 Å². The van der Waals surface area contributed by atoms with Crippen LogP contribution in [0.2, 0.25) is 5.15 Å². The van der Waals surface area contributed by atoms with E-state index in [2.05, 4.69) is 10.3 Å². The molecule has 0 radical (unpaired) electrons. The summed E-state index contributed by atoms with van der Waals surface area (Å²) in [7, 11) is 0. The van der Waals surface area contributed by atoms with Crippen molar-refractivity contribution in [1.29, 1.82) is 0 Å². The molecule has 6 heteroatoms. The van der Waals surface area contributed by atoms with Crippen molar-refractivity contribution in [2.75, 3.05) is 5.32 Å². The summed E-state index contributed by atoms with van der Waals surface area (Å²) >= 11 is 5.94. The second kappa shape index (κ2) is 5.57. The fourth-order valence-corrected chi connectivity index (χ4v) is 2.71. The van der Waals surface area contributed by atoms with Crippen LogP contribution in [-0.4, -0.2) is 22.0 Å². The molecule has 1 aliphatic carbocycles. The fourth-order valence-electron chi connectivity index (χ4n) is 2.46. The van der Waals surface area contributed by atoms with Crippen LogP contribution in [0.1, 0.15) is 24.8 Å². The van der Waals surface area contributed by atoms with Gasteiger partial charge in [0.05, 0.1) is 17.5 Å². The molecule has 0 aliphatic heterocycles. The van der Waals surface area contributed by atoms with Crippen LogP contribution in [0.5, 0.6) is 0 Å². The number of nitrogens with zero attached hydrogens (tertiary/aromatic N) is 1. The third kappa shape index (κ3) is 2.87. The van der Waals surface area contributed by atoms with Crippen LogP contribution in [0.25, 0.3) is 0 Å². The SMILES string of the molecule is Cc1ccnc(Cl)c1NC(=O)[C@@H]1CCC[C@@H]1C(=O)O. The predicted molar refractivity (Wildman–Crippen MR) is 71.1 cm³/mol. The van der Waals surface area contributed by atoms with Gasteiger partial charge in [-0.05, 0) is 31.4 Å². The molecule has 2 N–H and O–H groups in total. The molecule has 1 aromatic heterocycles. The molecule has 1 heterocycles. The molecular formula is C13H15ClN2O3. The Hall–Kier alpha value is -1.62. The van der Waals surface area contributed by atoms with Crippen LogP contribution >= 0.6 is 11.6 Å². The van der Waals surface area contributed by atoms with Crippen LogP contribution < -0.4 is 5.32 Å². The third-order valence-corrected chi connectivity index (χ3v) is 3.82. The molecule has 0 aromatic carbocycles. The van der Waals surface area contributed by atoms with E-state index >= 15 is 0 Å². The fraction of sp³-hybridized carbons (Fsp3) is 0.462. The largest absolute Gasteiger partial charge is 0.481 e. The maximum Gasteiger partial charge on any atom is 0.307 e. The minimum Gasteiger partial charge on any atom is -0.481 e. The molecule has 1 fully saturated rings. The number of carboxylic acid groups (broad SMARTS) is 1. The van der Waals surface area contributed by atoms with Crippen LogP contribution in [0.3, 0.4) is 0 Å². The number of halogens is 1. The van der Waals surface area contributed by atoms with E-state index in [4.69, 9.17) is 16.7 Å². The highest BCUT2D eigenvalue weighted by atomic mass is 35.5. The van der Waals surface area contributed by atoms with Gasteiger partial charge >= 0.3 is 5.97 Å². The minimum atomic E-state index is -0.911. The zero-order valence-electron chi connectivity index (χ0n) is 10.5. The zero-order valence-corrected chi connectivity index (χ0v) is 11.3. The Balaban J connectivity index is 2.15. The highest BCUT2D eigenvalue weighted by Gasteiger charge is 2.38. The van der Waals surface area contributed by atoms with E-state index in [0.717, 1.165) is 12.0 Å². The van der Waals surface area contributed by atoms with Gasteiger partial charge in [-0.25, -0.2) is 4.98 Å². The monoisotopic (exact) mass is 282 g/mol. The Labute approximate surface area is 116 Å². The van der Waals surface area contributed by atoms with E-state index in [1.54, 1.807) is 12.3 Å². The number of carbonyl (C=O) groups excluding carboxylic acids is 1. The Morgan fingerprint density at radius 3 is 2.74 bits per heavy atom. The van der Waals surface area contributed by atoms with Crippen molar-refractivity contribution < 1.29 is 14.7 Å². The number of pyridine rings is 1. The molecule has 0 spiro atoms. The highest BCUT2D eigenvalue weighted by molar-refractivity contribution is 6.32. The topological polar surface area (TPSA) is 79.3 Å². The lowest BCUT2D eigenvalue weighted by molar-refractivity contribution is -0.145. The molecule has 102 valence electrons. The number of aryl methyl sites for hydroxylation is 1. The second-order valence-electron chi connectivity index (χ2n) is 4.77. The van der Waals surface area contributed by atoms with Gasteiger partial charge in [0.1, 0.15) is 0 Å². The number of rotatable bonds is 3. The Morgan fingerprint density at radius 2 is 2.11 bits per heavy atom. The number of carboxylic acids is 1. The normalized spacial score (nSPS) is 22.2. The van der Waals surface area contributed by atoms with E-state index in [1.807, 2.05) is 6.92 Å². The first-order valence-corrected chi connectivity index (χ1v) is 6.53. The van der Waals surface area contributed by atoms with Gasteiger partial charge in [0, 0.05) is 6.20 Å². The molecule has 0 unspecified atom stereocenters. The molecule has 0 saturated heterocycles. The summed E-state index contributed by atoms with van der Waals surface area (Å²) in [5.74, 6) is -2.29. The number of hydrogen-bond acceptors (Lipinski definition) is 3. The Morgan fingerprint density at radius 1 is 1.42 bits per heavy atom. The maximum atomic E-state index is 12.2.